The molecule has 8 heteroatoms. The van der Waals surface area contributed by atoms with E-state index in [0.29, 0.717) is 30.2 Å². The molecule has 3 aromatic rings. The molecule has 0 bridgehead atoms. The number of ether oxygens (including phenoxy) is 2. The number of methoxy groups -OCH3 is 1. The largest absolute Gasteiger partial charge is 0.497 e. The number of benzene rings is 3. The van der Waals surface area contributed by atoms with E-state index in [4.69, 9.17) is 9.47 Å². The summed E-state index contributed by atoms with van der Waals surface area (Å²) in [5.74, 6) is 1.12. The van der Waals surface area contributed by atoms with Gasteiger partial charge in [0.15, 0.2) is 0 Å². The van der Waals surface area contributed by atoms with Gasteiger partial charge in [-0.15, -0.1) is 0 Å². The summed E-state index contributed by atoms with van der Waals surface area (Å²) in [6.45, 7) is 2.90. The van der Waals surface area contributed by atoms with E-state index in [1.165, 1.54) is 30.6 Å². The number of rotatable bonds is 9. The molecule has 1 N–H and O–H groups in total. The van der Waals surface area contributed by atoms with Crippen LogP contribution in [0.5, 0.6) is 11.5 Å². The monoisotopic (exact) mass is 454 g/mol. The van der Waals surface area contributed by atoms with E-state index < -0.39 is 10.0 Å². The van der Waals surface area contributed by atoms with Crippen molar-refractivity contribution in [2.75, 3.05) is 25.1 Å². The predicted molar refractivity (Wildman–Crippen MR) is 124 cm³/mol. The molecule has 0 spiro atoms. The number of hydrogen-bond acceptors (Lipinski definition) is 5. The number of sulfonamides is 1. The smallest absolute Gasteiger partial charge is 0.264 e. The standard InChI is InChI=1S/C24H26N2O5S/c1-4-31-22-11-5-18(6-12-22)17-25-24(27)19-7-9-20(10-8-19)26(2)32(28,29)23-15-13-21(30-3)14-16-23/h5-16H,4,17H2,1-3H3,(H,25,27). The van der Waals surface area contributed by atoms with Crippen LogP contribution in [-0.2, 0) is 16.6 Å². The Hall–Kier alpha value is -3.52. The Morgan fingerprint density at radius 2 is 1.50 bits per heavy atom. The first-order chi connectivity index (χ1) is 15.3. The summed E-state index contributed by atoms with van der Waals surface area (Å²) in [4.78, 5) is 12.6. The van der Waals surface area contributed by atoms with Crippen LogP contribution < -0.4 is 19.1 Å². The van der Waals surface area contributed by atoms with Crippen LogP contribution in [0.2, 0.25) is 0 Å². The zero-order chi connectivity index (χ0) is 23.1. The second kappa shape index (κ2) is 10.2. The van der Waals surface area contributed by atoms with Gasteiger partial charge >= 0.3 is 0 Å². The van der Waals surface area contributed by atoms with Gasteiger partial charge in [0.2, 0.25) is 0 Å². The van der Waals surface area contributed by atoms with E-state index in [2.05, 4.69) is 5.32 Å². The van der Waals surface area contributed by atoms with Crippen molar-refractivity contribution in [1.29, 1.82) is 0 Å². The summed E-state index contributed by atoms with van der Waals surface area (Å²) in [6.07, 6.45) is 0. The molecule has 0 atom stereocenters. The normalized spacial score (nSPS) is 11.0. The Morgan fingerprint density at radius 3 is 2.06 bits per heavy atom. The Balaban J connectivity index is 1.64. The third kappa shape index (κ3) is 5.39. The van der Waals surface area contributed by atoms with Gasteiger partial charge < -0.3 is 14.8 Å². The van der Waals surface area contributed by atoms with Crippen LogP contribution in [0.3, 0.4) is 0 Å². The molecule has 3 rings (SSSR count). The molecule has 7 nitrogen and oxygen atoms in total. The van der Waals surface area contributed by atoms with Crippen molar-refractivity contribution < 1.29 is 22.7 Å². The zero-order valence-electron chi connectivity index (χ0n) is 18.2. The Labute approximate surface area is 188 Å². The van der Waals surface area contributed by atoms with Crippen molar-refractivity contribution in [1.82, 2.24) is 5.32 Å². The lowest BCUT2D eigenvalue weighted by Gasteiger charge is -2.20. The van der Waals surface area contributed by atoms with Gasteiger partial charge in [-0.2, -0.15) is 0 Å². The number of carbonyl (C=O) groups excluding carboxylic acids is 1. The van der Waals surface area contributed by atoms with Gasteiger partial charge in [-0.25, -0.2) is 8.42 Å². The number of carbonyl (C=O) groups is 1. The van der Waals surface area contributed by atoms with Crippen LogP contribution in [0.4, 0.5) is 5.69 Å². The van der Waals surface area contributed by atoms with Crippen molar-refractivity contribution in [2.45, 2.75) is 18.4 Å². The van der Waals surface area contributed by atoms with Crippen LogP contribution in [0.25, 0.3) is 0 Å². The summed E-state index contributed by atoms with van der Waals surface area (Å²) < 4.78 is 37.4. The van der Waals surface area contributed by atoms with Crippen molar-refractivity contribution in [3.05, 3.63) is 83.9 Å². The van der Waals surface area contributed by atoms with Gasteiger partial charge in [-0.05, 0) is 73.2 Å². The van der Waals surface area contributed by atoms with Gasteiger partial charge in [0, 0.05) is 19.2 Å². The number of nitrogens with zero attached hydrogens (tertiary/aromatic N) is 1. The quantitative estimate of drug-likeness (QED) is 0.531. The second-order valence-electron chi connectivity index (χ2n) is 6.95. The summed E-state index contributed by atoms with van der Waals surface area (Å²) in [5.41, 5.74) is 1.84. The molecule has 0 saturated heterocycles. The lowest BCUT2D eigenvalue weighted by molar-refractivity contribution is 0.0951. The van der Waals surface area contributed by atoms with Crippen molar-refractivity contribution >= 4 is 21.6 Å². The minimum absolute atomic E-state index is 0.151. The fourth-order valence-corrected chi connectivity index (χ4v) is 4.22. The summed E-state index contributed by atoms with van der Waals surface area (Å²) in [5, 5.41) is 2.86. The SMILES string of the molecule is CCOc1ccc(CNC(=O)c2ccc(N(C)S(=O)(=O)c3ccc(OC)cc3)cc2)cc1. The molecule has 0 aliphatic carbocycles. The Bertz CT molecular complexity index is 1140. The van der Waals surface area contributed by atoms with Crippen molar-refractivity contribution in [3.8, 4) is 11.5 Å². The third-order valence-corrected chi connectivity index (χ3v) is 6.70. The molecule has 0 heterocycles. The molecule has 0 unspecified atom stereocenters. The first-order valence-electron chi connectivity index (χ1n) is 10.1. The van der Waals surface area contributed by atoms with Gasteiger partial charge in [0.05, 0.1) is 24.3 Å². The van der Waals surface area contributed by atoms with Crippen LogP contribution in [0.15, 0.2) is 77.7 Å². The van der Waals surface area contributed by atoms with Crippen LogP contribution in [0.1, 0.15) is 22.8 Å². The summed E-state index contributed by atoms with van der Waals surface area (Å²) in [6, 6.07) is 20.1. The average molecular weight is 455 g/mol. The molecule has 1 amide bonds. The molecule has 0 fully saturated rings. The summed E-state index contributed by atoms with van der Waals surface area (Å²) in [7, 11) is -0.745. The molecule has 168 valence electrons. The maximum absolute atomic E-state index is 12.9. The number of amides is 1. The minimum atomic E-state index is -3.74. The molecule has 32 heavy (non-hydrogen) atoms. The zero-order valence-corrected chi connectivity index (χ0v) is 19.1. The van der Waals surface area contributed by atoms with E-state index in [-0.39, 0.29) is 10.8 Å². The van der Waals surface area contributed by atoms with Gasteiger partial charge in [-0.3, -0.25) is 9.10 Å². The van der Waals surface area contributed by atoms with E-state index in [9.17, 15) is 13.2 Å². The Kier molecular flexibility index (Phi) is 7.37. The maximum Gasteiger partial charge on any atom is 0.264 e. The van der Waals surface area contributed by atoms with E-state index >= 15 is 0 Å². The summed E-state index contributed by atoms with van der Waals surface area (Å²) >= 11 is 0. The van der Waals surface area contributed by atoms with Crippen LogP contribution in [-0.4, -0.2) is 35.1 Å². The van der Waals surface area contributed by atoms with Gasteiger partial charge in [0.1, 0.15) is 11.5 Å². The lowest BCUT2D eigenvalue weighted by atomic mass is 10.1. The van der Waals surface area contributed by atoms with E-state index in [1.807, 2.05) is 31.2 Å². The molecule has 3 aromatic carbocycles. The predicted octanol–water partition coefficient (Wildman–Crippen LogP) is 3.85. The number of hydrogen-bond donors (Lipinski definition) is 1. The molecular formula is C24H26N2O5S. The van der Waals surface area contributed by atoms with E-state index in [1.54, 1.807) is 36.4 Å². The topological polar surface area (TPSA) is 84.9 Å². The first-order valence-corrected chi connectivity index (χ1v) is 11.5. The van der Waals surface area contributed by atoms with Crippen LogP contribution in [0, 0.1) is 0 Å². The number of anilines is 1. The Morgan fingerprint density at radius 1 is 0.906 bits per heavy atom. The molecule has 0 aliphatic rings. The van der Waals surface area contributed by atoms with Crippen LogP contribution >= 0.6 is 0 Å². The average Bonchev–Trinajstić information content (AvgIpc) is 2.83. The van der Waals surface area contributed by atoms with Crippen molar-refractivity contribution in [2.24, 2.45) is 0 Å². The fraction of sp³-hybridized carbons (Fsp3) is 0.208. The lowest BCUT2D eigenvalue weighted by Crippen LogP contribution is -2.27. The molecular weight excluding hydrogens is 428 g/mol. The fourth-order valence-electron chi connectivity index (χ4n) is 3.02. The van der Waals surface area contributed by atoms with Gasteiger partial charge in [0.25, 0.3) is 15.9 Å². The van der Waals surface area contributed by atoms with E-state index in [0.717, 1.165) is 11.3 Å². The minimum Gasteiger partial charge on any atom is -0.497 e. The molecule has 0 saturated carbocycles. The van der Waals surface area contributed by atoms with Crippen molar-refractivity contribution in [3.63, 3.8) is 0 Å². The highest BCUT2D eigenvalue weighted by Crippen LogP contribution is 2.24. The highest BCUT2D eigenvalue weighted by Gasteiger charge is 2.21. The first kappa shape index (κ1) is 23.1. The molecule has 0 radical (unpaired) electrons. The highest BCUT2D eigenvalue weighted by molar-refractivity contribution is 7.92. The molecule has 0 aromatic heterocycles. The highest BCUT2D eigenvalue weighted by atomic mass is 32.2. The maximum atomic E-state index is 12.9. The van der Waals surface area contributed by atoms with Gasteiger partial charge in [-0.1, -0.05) is 12.1 Å². The number of nitrogens with one attached hydrogen (secondary N) is 1. The second-order valence-corrected chi connectivity index (χ2v) is 8.92. The third-order valence-electron chi connectivity index (χ3n) is 4.90. The molecule has 0 aliphatic heterocycles.